The number of benzene rings is 2. The van der Waals surface area contributed by atoms with Gasteiger partial charge in [0.2, 0.25) is 0 Å². The second-order valence-corrected chi connectivity index (χ2v) is 5.93. The molecule has 25 heavy (non-hydrogen) atoms. The van der Waals surface area contributed by atoms with Crippen molar-refractivity contribution in [3.05, 3.63) is 69.8 Å². The maximum Gasteiger partial charge on any atom is 0.289 e. The average molecular weight is 375 g/mol. The standard InChI is InChI=1S/C17H12Cl2N4O2/c18-11-4-5-14(19)13(7-11)15-8-16(22-21-15)17(25)23-20-9-10-2-1-3-12(24)6-10/h1-9,24H,(H,21,22)(H,23,25)/b20-9+. The lowest BCUT2D eigenvalue weighted by Gasteiger charge is -2.00. The summed E-state index contributed by atoms with van der Waals surface area (Å²) in [6.07, 6.45) is 1.42. The van der Waals surface area contributed by atoms with Gasteiger partial charge in [0.1, 0.15) is 11.4 Å². The molecule has 0 unspecified atom stereocenters. The first kappa shape index (κ1) is 17.0. The molecule has 1 heterocycles. The van der Waals surface area contributed by atoms with Crippen molar-refractivity contribution in [3.8, 4) is 17.0 Å². The normalized spacial score (nSPS) is 11.0. The molecular weight excluding hydrogens is 363 g/mol. The van der Waals surface area contributed by atoms with Crippen molar-refractivity contribution in [1.29, 1.82) is 0 Å². The Labute approximate surface area is 153 Å². The number of phenols is 1. The minimum atomic E-state index is -0.465. The Morgan fingerprint density at radius 3 is 2.84 bits per heavy atom. The van der Waals surface area contributed by atoms with Gasteiger partial charge in [-0.25, -0.2) is 5.43 Å². The first-order valence-corrected chi connectivity index (χ1v) is 7.92. The van der Waals surface area contributed by atoms with E-state index in [1.807, 2.05) is 0 Å². The van der Waals surface area contributed by atoms with Crippen LogP contribution in [0.15, 0.2) is 53.6 Å². The quantitative estimate of drug-likeness (QED) is 0.478. The van der Waals surface area contributed by atoms with Crippen molar-refractivity contribution in [2.75, 3.05) is 0 Å². The van der Waals surface area contributed by atoms with Crippen LogP contribution in [-0.2, 0) is 0 Å². The van der Waals surface area contributed by atoms with Gasteiger partial charge < -0.3 is 5.11 Å². The van der Waals surface area contributed by atoms with Gasteiger partial charge >= 0.3 is 0 Å². The summed E-state index contributed by atoms with van der Waals surface area (Å²) in [5, 5.41) is 20.9. The monoisotopic (exact) mass is 374 g/mol. The molecule has 0 atom stereocenters. The zero-order chi connectivity index (χ0) is 17.8. The first-order chi connectivity index (χ1) is 12.0. The molecule has 0 saturated carbocycles. The zero-order valence-corrected chi connectivity index (χ0v) is 14.2. The summed E-state index contributed by atoms with van der Waals surface area (Å²) >= 11 is 12.1. The molecule has 2 aromatic carbocycles. The van der Waals surface area contributed by atoms with Gasteiger partial charge in [0, 0.05) is 10.6 Å². The van der Waals surface area contributed by atoms with Crippen LogP contribution in [0.5, 0.6) is 5.75 Å². The van der Waals surface area contributed by atoms with Crippen molar-refractivity contribution >= 4 is 35.3 Å². The Morgan fingerprint density at radius 1 is 1.20 bits per heavy atom. The lowest BCUT2D eigenvalue weighted by atomic mass is 10.1. The number of aromatic amines is 1. The number of aromatic hydroxyl groups is 1. The molecule has 3 N–H and O–H groups in total. The largest absolute Gasteiger partial charge is 0.508 e. The molecular formula is C17H12Cl2N4O2. The summed E-state index contributed by atoms with van der Waals surface area (Å²) in [5.74, 6) is -0.347. The molecule has 0 fully saturated rings. The van der Waals surface area contributed by atoms with Crippen molar-refractivity contribution in [2.45, 2.75) is 0 Å². The Hall–Kier alpha value is -2.83. The van der Waals surface area contributed by atoms with E-state index in [-0.39, 0.29) is 11.4 Å². The van der Waals surface area contributed by atoms with Gasteiger partial charge in [-0.3, -0.25) is 9.89 Å². The van der Waals surface area contributed by atoms with E-state index in [1.165, 1.54) is 12.3 Å². The fraction of sp³-hybridized carbons (Fsp3) is 0. The molecule has 0 aliphatic rings. The molecule has 126 valence electrons. The number of hydrogen-bond donors (Lipinski definition) is 3. The fourth-order valence-corrected chi connectivity index (χ4v) is 2.49. The van der Waals surface area contributed by atoms with Crippen LogP contribution in [0.4, 0.5) is 0 Å². The number of H-pyrrole nitrogens is 1. The lowest BCUT2D eigenvalue weighted by molar-refractivity contribution is 0.0950. The molecule has 1 aromatic heterocycles. The Morgan fingerprint density at radius 2 is 2.04 bits per heavy atom. The van der Waals surface area contributed by atoms with Gasteiger partial charge in [-0.05, 0) is 42.0 Å². The van der Waals surface area contributed by atoms with E-state index in [1.54, 1.807) is 42.5 Å². The zero-order valence-electron chi connectivity index (χ0n) is 12.7. The lowest BCUT2D eigenvalue weighted by Crippen LogP contribution is -2.17. The van der Waals surface area contributed by atoms with Crippen molar-refractivity contribution < 1.29 is 9.90 Å². The summed E-state index contributed by atoms with van der Waals surface area (Å²) in [4.78, 5) is 12.1. The Bertz CT molecular complexity index is 953. The van der Waals surface area contributed by atoms with Gasteiger partial charge in [-0.15, -0.1) is 0 Å². The predicted molar refractivity (Wildman–Crippen MR) is 97.2 cm³/mol. The summed E-state index contributed by atoms with van der Waals surface area (Å²) in [6, 6.07) is 13.0. The number of rotatable bonds is 4. The van der Waals surface area contributed by atoms with Crippen molar-refractivity contribution in [1.82, 2.24) is 15.6 Å². The van der Waals surface area contributed by atoms with E-state index in [0.29, 0.717) is 26.9 Å². The minimum Gasteiger partial charge on any atom is -0.508 e. The molecule has 3 aromatic rings. The molecule has 0 radical (unpaired) electrons. The van der Waals surface area contributed by atoms with Gasteiger partial charge in [-0.2, -0.15) is 10.2 Å². The predicted octanol–water partition coefficient (Wildman–Crippen LogP) is 3.85. The third-order valence-electron chi connectivity index (χ3n) is 3.28. The second-order valence-electron chi connectivity index (χ2n) is 5.09. The highest BCUT2D eigenvalue weighted by Gasteiger charge is 2.13. The van der Waals surface area contributed by atoms with Crippen LogP contribution in [-0.4, -0.2) is 27.4 Å². The van der Waals surface area contributed by atoms with Crippen molar-refractivity contribution in [3.63, 3.8) is 0 Å². The molecule has 0 aliphatic carbocycles. The van der Waals surface area contributed by atoms with Gasteiger partial charge in [0.25, 0.3) is 5.91 Å². The number of carbonyl (C=O) groups excluding carboxylic acids is 1. The highest BCUT2D eigenvalue weighted by molar-refractivity contribution is 6.35. The van der Waals surface area contributed by atoms with E-state index in [2.05, 4.69) is 20.7 Å². The van der Waals surface area contributed by atoms with E-state index in [9.17, 15) is 9.90 Å². The highest BCUT2D eigenvalue weighted by Crippen LogP contribution is 2.29. The van der Waals surface area contributed by atoms with Crippen LogP contribution in [0.1, 0.15) is 16.1 Å². The summed E-state index contributed by atoms with van der Waals surface area (Å²) < 4.78 is 0. The SMILES string of the molecule is O=C(N/N=C/c1cccc(O)c1)c1cc(-c2cc(Cl)ccc2Cl)n[nH]1. The molecule has 3 rings (SSSR count). The Balaban J connectivity index is 1.71. The first-order valence-electron chi connectivity index (χ1n) is 7.16. The second kappa shape index (κ2) is 7.38. The van der Waals surface area contributed by atoms with Gasteiger partial charge in [0.15, 0.2) is 0 Å². The molecule has 0 bridgehead atoms. The third kappa shape index (κ3) is 4.17. The number of amides is 1. The highest BCUT2D eigenvalue weighted by atomic mass is 35.5. The summed E-state index contributed by atoms with van der Waals surface area (Å²) in [5.41, 5.74) is 4.36. The molecule has 6 nitrogen and oxygen atoms in total. The number of aromatic nitrogens is 2. The number of hydrogen-bond acceptors (Lipinski definition) is 4. The maximum absolute atomic E-state index is 12.1. The van der Waals surface area contributed by atoms with Crippen LogP contribution in [0.3, 0.4) is 0 Å². The molecule has 0 aliphatic heterocycles. The van der Waals surface area contributed by atoms with E-state index < -0.39 is 5.91 Å². The number of halogens is 2. The van der Waals surface area contributed by atoms with E-state index in [4.69, 9.17) is 23.2 Å². The fourth-order valence-electron chi connectivity index (χ4n) is 2.10. The summed E-state index contributed by atoms with van der Waals surface area (Å²) in [6.45, 7) is 0. The number of hydrazone groups is 1. The molecule has 8 heteroatoms. The number of nitrogens with zero attached hydrogens (tertiary/aromatic N) is 2. The molecule has 0 spiro atoms. The van der Waals surface area contributed by atoms with Crippen LogP contribution in [0.25, 0.3) is 11.3 Å². The Kier molecular flexibility index (Phi) is 5.02. The smallest absolute Gasteiger partial charge is 0.289 e. The number of phenolic OH excluding ortho intramolecular Hbond substituents is 1. The van der Waals surface area contributed by atoms with Crippen molar-refractivity contribution in [2.24, 2.45) is 5.10 Å². The minimum absolute atomic E-state index is 0.117. The number of nitrogens with one attached hydrogen (secondary N) is 2. The van der Waals surface area contributed by atoms with Crippen LogP contribution < -0.4 is 5.43 Å². The summed E-state index contributed by atoms with van der Waals surface area (Å²) in [7, 11) is 0. The topological polar surface area (TPSA) is 90.4 Å². The average Bonchev–Trinajstić information content (AvgIpc) is 3.07. The maximum atomic E-state index is 12.1. The van der Waals surface area contributed by atoms with Gasteiger partial charge in [0.05, 0.1) is 16.9 Å². The number of carbonyl (C=O) groups is 1. The molecule has 1 amide bonds. The molecule has 0 saturated heterocycles. The van der Waals surface area contributed by atoms with Crippen LogP contribution >= 0.6 is 23.2 Å². The van der Waals surface area contributed by atoms with E-state index >= 15 is 0 Å². The van der Waals surface area contributed by atoms with Gasteiger partial charge in [-0.1, -0.05) is 35.3 Å². The van der Waals surface area contributed by atoms with Crippen LogP contribution in [0.2, 0.25) is 10.0 Å². The van der Waals surface area contributed by atoms with Crippen LogP contribution in [0, 0.1) is 0 Å². The van der Waals surface area contributed by atoms with E-state index in [0.717, 1.165) is 0 Å². The third-order valence-corrected chi connectivity index (χ3v) is 3.84.